The van der Waals surface area contributed by atoms with Crippen LogP contribution in [0.3, 0.4) is 0 Å². The zero-order valence-electron chi connectivity index (χ0n) is 12.2. The standard InChI is InChI=1S/C16H30N2/c1-2-3-4-5-6-7-8-9-10-11-12-14-18-15-13-17-16-18/h13,15-16H,2-12,14H2,1H3/p+1. The Kier molecular flexibility index (Phi) is 9.59. The van der Waals surface area contributed by atoms with E-state index in [-0.39, 0.29) is 0 Å². The predicted octanol–water partition coefficient (Wildman–Crippen LogP) is 4.61. The monoisotopic (exact) mass is 251 g/mol. The van der Waals surface area contributed by atoms with Crippen molar-refractivity contribution in [3.05, 3.63) is 18.7 Å². The number of rotatable bonds is 12. The molecule has 0 aromatic carbocycles. The van der Waals surface area contributed by atoms with Gasteiger partial charge in [-0.25, -0.2) is 4.57 Å². The zero-order chi connectivity index (χ0) is 12.9. The van der Waals surface area contributed by atoms with E-state index < -0.39 is 0 Å². The maximum atomic E-state index is 3.08. The van der Waals surface area contributed by atoms with Gasteiger partial charge in [0.25, 0.3) is 0 Å². The summed E-state index contributed by atoms with van der Waals surface area (Å²) in [5.74, 6) is 0. The van der Waals surface area contributed by atoms with Crippen LogP contribution in [0, 0.1) is 0 Å². The Hall–Kier alpha value is -0.790. The van der Waals surface area contributed by atoms with E-state index in [9.17, 15) is 0 Å². The molecule has 104 valence electrons. The molecule has 0 unspecified atom stereocenters. The fourth-order valence-electron chi connectivity index (χ4n) is 2.42. The van der Waals surface area contributed by atoms with Crippen LogP contribution in [0.2, 0.25) is 0 Å². The van der Waals surface area contributed by atoms with Gasteiger partial charge in [0.15, 0.2) is 0 Å². The number of aryl methyl sites for hydroxylation is 1. The van der Waals surface area contributed by atoms with Gasteiger partial charge in [0.2, 0.25) is 6.33 Å². The summed E-state index contributed by atoms with van der Waals surface area (Å²) in [5, 5.41) is 0. The van der Waals surface area contributed by atoms with Crippen LogP contribution in [0.4, 0.5) is 0 Å². The largest absolute Gasteiger partial charge is 0.250 e. The first-order chi connectivity index (χ1) is 8.93. The highest BCUT2D eigenvalue weighted by Gasteiger charge is 1.96. The molecule has 0 amide bonds. The number of hydrogen-bond donors (Lipinski definition) is 1. The van der Waals surface area contributed by atoms with Crippen LogP contribution in [0.25, 0.3) is 0 Å². The molecule has 1 rings (SSSR count). The third-order valence-corrected chi connectivity index (χ3v) is 3.62. The Morgan fingerprint density at radius 3 is 1.83 bits per heavy atom. The third-order valence-electron chi connectivity index (χ3n) is 3.62. The van der Waals surface area contributed by atoms with E-state index in [1.54, 1.807) is 0 Å². The zero-order valence-corrected chi connectivity index (χ0v) is 12.2. The van der Waals surface area contributed by atoms with Gasteiger partial charge in [-0.05, 0) is 12.8 Å². The molecule has 0 aliphatic carbocycles. The molecule has 0 aliphatic heterocycles. The van der Waals surface area contributed by atoms with Gasteiger partial charge in [-0.3, -0.25) is 4.98 Å². The minimum atomic E-state index is 1.17. The molecule has 0 radical (unpaired) electrons. The highest BCUT2D eigenvalue weighted by molar-refractivity contribution is 4.55. The van der Waals surface area contributed by atoms with E-state index in [0.717, 1.165) is 0 Å². The van der Waals surface area contributed by atoms with Crippen LogP contribution in [0.5, 0.6) is 0 Å². The smallest absolute Gasteiger partial charge is 0.241 e. The molecular formula is C16H31N2+. The van der Waals surface area contributed by atoms with E-state index in [2.05, 4.69) is 22.7 Å². The van der Waals surface area contributed by atoms with Gasteiger partial charge in [0.1, 0.15) is 12.4 Å². The van der Waals surface area contributed by atoms with Gasteiger partial charge in [-0.15, -0.1) is 0 Å². The first kappa shape index (κ1) is 15.3. The number of nitrogens with zero attached hydrogens (tertiary/aromatic N) is 1. The van der Waals surface area contributed by atoms with Crippen molar-refractivity contribution in [1.82, 2.24) is 4.98 Å². The second-order valence-electron chi connectivity index (χ2n) is 5.38. The van der Waals surface area contributed by atoms with Crippen molar-refractivity contribution in [2.75, 3.05) is 0 Å². The van der Waals surface area contributed by atoms with Crippen molar-refractivity contribution in [3.8, 4) is 0 Å². The molecule has 0 saturated heterocycles. The van der Waals surface area contributed by atoms with Crippen LogP contribution in [0.15, 0.2) is 18.7 Å². The van der Waals surface area contributed by atoms with Crippen molar-refractivity contribution in [1.29, 1.82) is 0 Å². The lowest BCUT2D eigenvalue weighted by Gasteiger charge is -2.01. The molecule has 1 aromatic heterocycles. The minimum absolute atomic E-state index is 1.17. The Labute approximate surface area is 113 Å². The molecular weight excluding hydrogens is 220 g/mol. The molecule has 1 aromatic rings. The van der Waals surface area contributed by atoms with E-state index in [1.165, 1.54) is 77.2 Å². The Balaban J connectivity index is 1.73. The summed E-state index contributed by atoms with van der Waals surface area (Å²) >= 11 is 0. The summed E-state index contributed by atoms with van der Waals surface area (Å²) in [5.41, 5.74) is 0. The van der Waals surface area contributed by atoms with Gasteiger partial charge < -0.3 is 0 Å². The molecule has 0 aliphatic rings. The lowest BCUT2D eigenvalue weighted by molar-refractivity contribution is -0.696. The number of imidazole rings is 1. The topological polar surface area (TPSA) is 19.7 Å². The second kappa shape index (κ2) is 11.3. The molecule has 2 nitrogen and oxygen atoms in total. The van der Waals surface area contributed by atoms with E-state index in [0.29, 0.717) is 0 Å². The van der Waals surface area contributed by atoms with Gasteiger partial charge in [-0.2, -0.15) is 0 Å². The quantitative estimate of drug-likeness (QED) is 0.413. The van der Waals surface area contributed by atoms with Crippen molar-refractivity contribution in [3.63, 3.8) is 0 Å². The SMILES string of the molecule is CCCCCCCCCCCCC[n+]1cc[nH]c1. The van der Waals surface area contributed by atoms with E-state index >= 15 is 0 Å². The first-order valence-corrected chi connectivity index (χ1v) is 7.95. The highest BCUT2D eigenvalue weighted by Crippen LogP contribution is 2.11. The molecule has 0 fully saturated rings. The normalized spacial score (nSPS) is 10.9. The summed E-state index contributed by atoms with van der Waals surface area (Å²) in [4.78, 5) is 3.08. The number of aromatic amines is 1. The predicted molar refractivity (Wildman–Crippen MR) is 77.4 cm³/mol. The van der Waals surface area contributed by atoms with Gasteiger partial charge in [0.05, 0.1) is 6.54 Å². The maximum absolute atomic E-state index is 3.08. The maximum Gasteiger partial charge on any atom is 0.241 e. The molecule has 1 heterocycles. The van der Waals surface area contributed by atoms with E-state index in [4.69, 9.17) is 0 Å². The summed E-state index contributed by atoms with van der Waals surface area (Å²) in [7, 11) is 0. The fraction of sp³-hybridized carbons (Fsp3) is 0.812. The Bertz CT molecular complexity index is 254. The average molecular weight is 251 g/mol. The molecule has 0 atom stereocenters. The minimum Gasteiger partial charge on any atom is -0.250 e. The van der Waals surface area contributed by atoms with Crippen LogP contribution in [0.1, 0.15) is 77.6 Å². The van der Waals surface area contributed by atoms with Crippen LogP contribution < -0.4 is 4.57 Å². The van der Waals surface area contributed by atoms with Crippen LogP contribution in [-0.2, 0) is 6.54 Å². The van der Waals surface area contributed by atoms with Gasteiger partial charge in [-0.1, -0.05) is 64.7 Å². The molecule has 18 heavy (non-hydrogen) atoms. The fourth-order valence-corrected chi connectivity index (χ4v) is 2.42. The molecule has 1 N–H and O–H groups in total. The van der Waals surface area contributed by atoms with Crippen molar-refractivity contribution in [2.24, 2.45) is 0 Å². The summed E-state index contributed by atoms with van der Waals surface area (Å²) < 4.78 is 2.23. The Morgan fingerprint density at radius 1 is 0.778 bits per heavy atom. The van der Waals surface area contributed by atoms with Crippen molar-refractivity contribution in [2.45, 2.75) is 84.1 Å². The van der Waals surface area contributed by atoms with Gasteiger partial charge >= 0.3 is 0 Å². The lowest BCUT2D eigenvalue weighted by Crippen LogP contribution is -2.30. The van der Waals surface area contributed by atoms with Crippen molar-refractivity contribution < 1.29 is 4.57 Å². The van der Waals surface area contributed by atoms with Crippen LogP contribution in [-0.4, -0.2) is 4.98 Å². The lowest BCUT2D eigenvalue weighted by atomic mass is 10.1. The average Bonchev–Trinajstić information content (AvgIpc) is 2.89. The number of unbranched alkanes of at least 4 members (excludes halogenated alkanes) is 10. The third kappa shape index (κ3) is 8.32. The number of H-pyrrole nitrogens is 1. The molecule has 0 bridgehead atoms. The summed E-state index contributed by atoms with van der Waals surface area (Å²) in [6.45, 7) is 3.45. The second-order valence-corrected chi connectivity index (χ2v) is 5.38. The molecule has 0 spiro atoms. The number of aromatic nitrogens is 2. The summed E-state index contributed by atoms with van der Waals surface area (Å²) in [6, 6.07) is 0. The molecule has 2 heteroatoms. The van der Waals surface area contributed by atoms with E-state index in [1.807, 2.05) is 12.5 Å². The van der Waals surface area contributed by atoms with Gasteiger partial charge in [0, 0.05) is 0 Å². The summed E-state index contributed by atoms with van der Waals surface area (Å²) in [6.07, 6.45) is 21.7. The highest BCUT2D eigenvalue weighted by atomic mass is 15.0. The number of nitrogens with one attached hydrogen (secondary N) is 1. The van der Waals surface area contributed by atoms with Crippen LogP contribution >= 0.6 is 0 Å². The number of hydrogen-bond acceptors (Lipinski definition) is 0. The van der Waals surface area contributed by atoms with Crippen molar-refractivity contribution >= 4 is 0 Å². The Morgan fingerprint density at radius 2 is 1.33 bits per heavy atom. The first-order valence-electron chi connectivity index (χ1n) is 7.95. The molecule has 0 saturated carbocycles.